The third kappa shape index (κ3) is 4.92. The first-order valence-corrected chi connectivity index (χ1v) is 15.5. The van der Waals surface area contributed by atoms with Crippen molar-refractivity contribution < 1.29 is 23.7 Å². The summed E-state index contributed by atoms with van der Waals surface area (Å²) in [6.45, 7) is 8.12. The molecule has 2 aliphatic rings. The Kier molecular flexibility index (Phi) is 7.39. The number of rotatable bonds is 7. The molecule has 0 N–H and O–H groups in total. The van der Waals surface area contributed by atoms with E-state index in [2.05, 4.69) is 47.2 Å². The van der Waals surface area contributed by atoms with Gasteiger partial charge in [0.1, 0.15) is 50.5 Å². The molecule has 194 valence electrons. The number of carbonyl (C=O) groups excluding carboxylic acids is 1. The van der Waals surface area contributed by atoms with E-state index in [4.69, 9.17) is 18.9 Å². The van der Waals surface area contributed by atoms with Crippen LogP contribution in [0.25, 0.3) is 11.2 Å². The quantitative estimate of drug-likeness (QED) is 0.260. The molecule has 0 bridgehead atoms. The van der Waals surface area contributed by atoms with Crippen LogP contribution in [0.1, 0.15) is 51.5 Å². The number of imidazole rings is 1. The highest BCUT2D eigenvalue weighted by Crippen LogP contribution is 2.44. The first-order chi connectivity index (χ1) is 18.0. The van der Waals surface area contributed by atoms with Crippen LogP contribution < -0.4 is 0 Å². The highest BCUT2D eigenvalue weighted by molar-refractivity contribution is 6.87. The summed E-state index contributed by atoms with van der Waals surface area (Å²) in [6, 6.07) is 13.1. The average Bonchev–Trinajstić information content (AvgIpc) is 3.63. The standard InChI is InChI=1S/C27H32N4O5Si/c1-5-37(6-2,7-3)14-13-20-22-25(29-16-28-20)31(17-30-22)26-24-23(21(34-26)15-33-18(4)32)35-27(36-24)19-11-9-8-10-12-19/h8-12,16-17,21,23-24,26-27H,5-7,15H2,1-4H3/t21-,23?,24?,26-,27-/m1/s1. The zero-order valence-electron chi connectivity index (χ0n) is 21.6. The molecule has 5 atom stereocenters. The minimum Gasteiger partial charge on any atom is -0.463 e. The summed E-state index contributed by atoms with van der Waals surface area (Å²) in [5.41, 5.74) is 6.36. The topological polar surface area (TPSA) is 97.6 Å². The van der Waals surface area contributed by atoms with Crippen LogP contribution in [-0.2, 0) is 23.7 Å². The molecular formula is C27H32N4O5Si. The number of fused-ring (bicyclic) bond motifs is 2. The van der Waals surface area contributed by atoms with Crippen LogP contribution in [0.2, 0.25) is 18.1 Å². The van der Waals surface area contributed by atoms with Crippen molar-refractivity contribution in [3.63, 3.8) is 0 Å². The van der Waals surface area contributed by atoms with Gasteiger partial charge < -0.3 is 18.9 Å². The van der Waals surface area contributed by atoms with E-state index >= 15 is 0 Å². The summed E-state index contributed by atoms with van der Waals surface area (Å²) in [5, 5.41) is 0. The molecule has 2 unspecified atom stereocenters. The van der Waals surface area contributed by atoms with Crippen LogP contribution in [0.5, 0.6) is 0 Å². The summed E-state index contributed by atoms with van der Waals surface area (Å²) in [6.07, 6.45) is 0.685. The summed E-state index contributed by atoms with van der Waals surface area (Å²) < 4.78 is 26.1. The number of benzene rings is 1. The van der Waals surface area contributed by atoms with Crippen molar-refractivity contribution in [1.82, 2.24) is 19.5 Å². The van der Waals surface area contributed by atoms with Gasteiger partial charge in [0.05, 0.1) is 6.33 Å². The summed E-state index contributed by atoms with van der Waals surface area (Å²) in [4.78, 5) is 25.1. The Bertz CT molecular complexity index is 1310. The summed E-state index contributed by atoms with van der Waals surface area (Å²) in [5.74, 6) is 2.95. The molecular weight excluding hydrogens is 488 g/mol. The fraction of sp³-hybridized carbons (Fsp3) is 0.481. The third-order valence-electron chi connectivity index (χ3n) is 7.48. The smallest absolute Gasteiger partial charge is 0.302 e. The minimum absolute atomic E-state index is 0.0635. The molecule has 0 radical (unpaired) electrons. The number of esters is 1. The molecule has 37 heavy (non-hydrogen) atoms. The molecule has 10 heteroatoms. The number of aromatic nitrogens is 4. The molecule has 9 nitrogen and oxygen atoms in total. The van der Waals surface area contributed by atoms with Crippen molar-refractivity contribution in [2.75, 3.05) is 6.61 Å². The van der Waals surface area contributed by atoms with Crippen LogP contribution in [-0.4, -0.2) is 58.5 Å². The fourth-order valence-electron chi connectivity index (χ4n) is 5.00. The SMILES string of the molecule is CC[Si](C#Cc1ncnc2c1ncn2[C@@H]1O[C@H](COC(C)=O)C2O[C@@H](c3ccccc3)OC21)(CC)CC. The number of carbonyl (C=O) groups is 1. The van der Waals surface area contributed by atoms with Gasteiger partial charge in [-0.05, 0) is 18.1 Å². The van der Waals surface area contributed by atoms with Gasteiger partial charge in [-0.3, -0.25) is 9.36 Å². The first kappa shape index (κ1) is 25.5. The van der Waals surface area contributed by atoms with Gasteiger partial charge >= 0.3 is 5.97 Å². The minimum atomic E-state index is -1.65. The average molecular weight is 521 g/mol. The Morgan fingerprint density at radius 1 is 1.03 bits per heavy atom. The number of nitrogens with zero attached hydrogens (tertiary/aromatic N) is 4. The molecule has 4 heterocycles. The second-order valence-corrected chi connectivity index (χ2v) is 14.4. The molecule has 0 amide bonds. The first-order valence-electron chi connectivity index (χ1n) is 12.8. The lowest BCUT2D eigenvalue weighted by molar-refractivity contribution is -0.165. The maximum Gasteiger partial charge on any atom is 0.302 e. The normalized spacial score (nSPS) is 25.0. The molecule has 2 aromatic heterocycles. The van der Waals surface area contributed by atoms with Crippen molar-refractivity contribution >= 4 is 25.2 Å². The van der Waals surface area contributed by atoms with Crippen LogP contribution in [0.4, 0.5) is 0 Å². The maximum absolute atomic E-state index is 11.5. The van der Waals surface area contributed by atoms with Crippen LogP contribution in [0, 0.1) is 11.5 Å². The third-order valence-corrected chi connectivity index (χ3v) is 12.2. The number of ether oxygens (including phenoxy) is 4. The molecule has 0 spiro atoms. The van der Waals surface area contributed by atoms with Crippen LogP contribution in [0.15, 0.2) is 43.0 Å². The molecule has 3 aromatic rings. The second kappa shape index (κ2) is 10.7. The van der Waals surface area contributed by atoms with Gasteiger partial charge in [0, 0.05) is 12.5 Å². The molecule has 2 saturated heterocycles. The Morgan fingerprint density at radius 3 is 2.46 bits per heavy atom. The monoisotopic (exact) mass is 520 g/mol. The van der Waals surface area contributed by atoms with Crippen molar-refractivity contribution in [2.45, 2.75) is 76.7 Å². The Morgan fingerprint density at radius 2 is 1.76 bits per heavy atom. The highest BCUT2D eigenvalue weighted by Gasteiger charge is 2.54. The van der Waals surface area contributed by atoms with Gasteiger partial charge in [-0.2, -0.15) is 0 Å². The van der Waals surface area contributed by atoms with E-state index in [1.165, 1.54) is 13.3 Å². The van der Waals surface area contributed by atoms with E-state index in [1.807, 2.05) is 34.9 Å². The van der Waals surface area contributed by atoms with Gasteiger partial charge in [-0.25, -0.2) is 15.0 Å². The van der Waals surface area contributed by atoms with E-state index in [-0.39, 0.29) is 12.6 Å². The van der Waals surface area contributed by atoms with Gasteiger partial charge in [0.15, 0.2) is 18.2 Å². The molecule has 1 aromatic carbocycles. The lowest BCUT2D eigenvalue weighted by Crippen LogP contribution is -2.32. The van der Waals surface area contributed by atoms with E-state index in [0.717, 1.165) is 23.7 Å². The molecule has 5 rings (SSSR count). The van der Waals surface area contributed by atoms with E-state index in [9.17, 15) is 4.79 Å². The fourth-order valence-corrected chi connectivity index (χ4v) is 7.41. The van der Waals surface area contributed by atoms with Crippen LogP contribution in [0.3, 0.4) is 0 Å². The lowest BCUT2D eigenvalue weighted by Gasteiger charge is -2.21. The van der Waals surface area contributed by atoms with Crippen molar-refractivity contribution in [1.29, 1.82) is 0 Å². The molecule has 0 saturated carbocycles. The van der Waals surface area contributed by atoms with Crippen LogP contribution >= 0.6 is 0 Å². The summed E-state index contributed by atoms with van der Waals surface area (Å²) >= 11 is 0. The zero-order valence-corrected chi connectivity index (χ0v) is 22.6. The Balaban J connectivity index is 1.48. The second-order valence-electron chi connectivity index (χ2n) is 9.45. The zero-order chi connectivity index (χ0) is 26.0. The van der Waals surface area contributed by atoms with Crippen molar-refractivity contribution in [3.05, 3.63) is 54.2 Å². The van der Waals surface area contributed by atoms with Gasteiger partial charge in [0.2, 0.25) is 0 Å². The Hall–Kier alpha value is -3.10. The predicted octanol–water partition coefficient (Wildman–Crippen LogP) is 4.17. The number of hydrogen-bond donors (Lipinski definition) is 0. The van der Waals surface area contributed by atoms with E-state index in [1.54, 1.807) is 6.33 Å². The van der Waals surface area contributed by atoms with Gasteiger partial charge in [-0.15, -0.1) is 5.54 Å². The van der Waals surface area contributed by atoms with Gasteiger partial charge in [0.25, 0.3) is 0 Å². The largest absolute Gasteiger partial charge is 0.463 e. The van der Waals surface area contributed by atoms with E-state index in [0.29, 0.717) is 16.9 Å². The molecule has 2 fully saturated rings. The molecule has 2 aliphatic heterocycles. The van der Waals surface area contributed by atoms with Crippen molar-refractivity contribution in [2.24, 2.45) is 0 Å². The summed E-state index contributed by atoms with van der Waals surface area (Å²) in [7, 11) is -1.65. The Labute approximate surface area is 217 Å². The lowest BCUT2D eigenvalue weighted by atomic mass is 10.1. The molecule has 0 aliphatic carbocycles. The highest BCUT2D eigenvalue weighted by atomic mass is 28.3. The predicted molar refractivity (Wildman–Crippen MR) is 139 cm³/mol. The number of hydrogen-bond acceptors (Lipinski definition) is 8. The van der Waals surface area contributed by atoms with Crippen molar-refractivity contribution in [3.8, 4) is 11.5 Å². The maximum atomic E-state index is 11.5. The van der Waals surface area contributed by atoms with E-state index < -0.39 is 38.9 Å². The van der Waals surface area contributed by atoms with Gasteiger partial charge in [-0.1, -0.05) is 57.0 Å².